The fourth-order valence-corrected chi connectivity index (χ4v) is 3.24. The van der Waals surface area contributed by atoms with Gasteiger partial charge in [0.2, 0.25) is 0 Å². The molecule has 3 rings (SSSR count). The molecule has 2 fully saturated rings. The fourth-order valence-electron chi connectivity index (χ4n) is 3.24. The van der Waals surface area contributed by atoms with Crippen molar-refractivity contribution >= 4 is 0 Å². The zero-order valence-electron chi connectivity index (χ0n) is 11.2. The average molecular weight is 245 g/mol. The molecule has 0 amide bonds. The predicted octanol–water partition coefficient (Wildman–Crippen LogP) is 2.86. The van der Waals surface area contributed by atoms with E-state index in [0.717, 1.165) is 5.92 Å². The normalized spacial score (nSPS) is 22.9. The van der Waals surface area contributed by atoms with Gasteiger partial charge < -0.3 is 10.1 Å². The number of nitrogens with one attached hydrogen (secondary N) is 1. The van der Waals surface area contributed by atoms with E-state index >= 15 is 0 Å². The van der Waals surface area contributed by atoms with Crippen LogP contribution in [0.5, 0.6) is 0 Å². The topological polar surface area (TPSA) is 21.3 Å². The summed E-state index contributed by atoms with van der Waals surface area (Å²) in [5.41, 5.74) is 3.03. The highest BCUT2D eigenvalue weighted by Crippen LogP contribution is 2.50. The maximum atomic E-state index is 5.75. The summed E-state index contributed by atoms with van der Waals surface area (Å²) in [6, 6.07) is 8.90. The number of rotatable bonds is 4. The molecule has 1 saturated heterocycles. The summed E-state index contributed by atoms with van der Waals surface area (Å²) < 4.78 is 5.75. The highest BCUT2D eigenvalue weighted by Gasteiger charge is 2.45. The van der Waals surface area contributed by atoms with Crippen molar-refractivity contribution in [1.82, 2.24) is 5.32 Å². The van der Waals surface area contributed by atoms with Gasteiger partial charge in [0.1, 0.15) is 0 Å². The van der Waals surface area contributed by atoms with Crippen molar-refractivity contribution in [3.63, 3.8) is 0 Å². The van der Waals surface area contributed by atoms with Crippen LogP contribution in [0.3, 0.4) is 0 Å². The largest absolute Gasteiger partial charge is 0.374 e. The highest BCUT2D eigenvalue weighted by atomic mass is 16.5. The Labute approximate surface area is 110 Å². The van der Waals surface area contributed by atoms with Crippen LogP contribution in [0.4, 0.5) is 0 Å². The van der Waals surface area contributed by atoms with Gasteiger partial charge in [-0.25, -0.2) is 0 Å². The predicted molar refractivity (Wildman–Crippen MR) is 73.7 cm³/mol. The molecule has 1 aromatic rings. The van der Waals surface area contributed by atoms with Crippen molar-refractivity contribution in [2.45, 2.75) is 37.7 Å². The van der Waals surface area contributed by atoms with E-state index in [9.17, 15) is 0 Å². The summed E-state index contributed by atoms with van der Waals surface area (Å²) >= 11 is 0. The van der Waals surface area contributed by atoms with E-state index in [0.29, 0.717) is 0 Å². The van der Waals surface area contributed by atoms with Gasteiger partial charge in [0, 0.05) is 7.11 Å². The lowest BCUT2D eigenvalue weighted by molar-refractivity contribution is 0.0779. The molecule has 2 nitrogen and oxygen atoms in total. The monoisotopic (exact) mass is 245 g/mol. The Morgan fingerprint density at radius 3 is 2.61 bits per heavy atom. The maximum Gasteiger partial charge on any atom is 0.0932 e. The molecule has 1 aromatic carbocycles. The van der Waals surface area contributed by atoms with Crippen LogP contribution in [0.2, 0.25) is 0 Å². The van der Waals surface area contributed by atoms with E-state index < -0.39 is 0 Å². The number of benzene rings is 1. The van der Waals surface area contributed by atoms with Gasteiger partial charge in [0.05, 0.1) is 5.60 Å². The molecule has 1 aliphatic heterocycles. The number of hydrogen-bond acceptors (Lipinski definition) is 2. The summed E-state index contributed by atoms with van der Waals surface area (Å²) in [6.07, 6.45) is 6.23. The van der Waals surface area contributed by atoms with Crippen molar-refractivity contribution in [2.75, 3.05) is 20.2 Å². The van der Waals surface area contributed by atoms with Gasteiger partial charge in [-0.05, 0) is 62.2 Å². The van der Waals surface area contributed by atoms with Crippen molar-refractivity contribution in [3.05, 3.63) is 35.4 Å². The molecule has 2 heteroatoms. The minimum absolute atomic E-state index is 0.0590. The maximum absolute atomic E-state index is 5.75. The third kappa shape index (κ3) is 2.32. The van der Waals surface area contributed by atoms with E-state index in [4.69, 9.17) is 4.74 Å². The molecule has 0 radical (unpaired) electrons. The minimum atomic E-state index is 0.0590. The van der Waals surface area contributed by atoms with Crippen LogP contribution in [-0.2, 0) is 16.8 Å². The lowest BCUT2D eigenvalue weighted by Crippen LogP contribution is -2.29. The summed E-state index contributed by atoms with van der Waals surface area (Å²) in [5.74, 6) is 0.847. The quantitative estimate of drug-likeness (QED) is 0.880. The molecule has 18 heavy (non-hydrogen) atoms. The van der Waals surface area contributed by atoms with Crippen molar-refractivity contribution in [1.29, 1.82) is 0 Å². The first-order valence-electron chi connectivity index (χ1n) is 7.18. The van der Waals surface area contributed by atoms with Crippen molar-refractivity contribution in [2.24, 2.45) is 5.92 Å². The van der Waals surface area contributed by atoms with Crippen molar-refractivity contribution in [3.8, 4) is 0 Å². The molecule has 0 atom stereocenters. The minimum Gasteiger partial charge on any atom is -0.374 e. The first kappa shape index (κ1) is 12.2. The first-order chi connectivity index (χ1) is 8.84. The molecule has 1 aliphatic carbocycles. The Morgan fingerprint density at radius 2 is 1.94 bits per heavy atom. The first-order valence-corrected chi connectivity index (χ1v) is 7.18. The van der Waals surface area contributed by atoms with E-state index in [1.165, 1.54) is 56.3 Å². The highest BCUT2D eigenvalue weighted by molar-refractivity contribution is 5.36. The van der Waals surface area contributed by atoms with E-state index in [-0.39, 0.29) is 5.60 Å². The zero-order valence-corrected chi connectivity index (χ0v) is 11.2. The molecule has 0 unspecified atom stereocenters. The van der Waals surface area contributed by atoms with Gasteiger partial charge in [-0.2, -0.15) is 0 Å². The molecule has 1 saturated carbocycles. The molecule has 0 bridgehead atoms. The summed E-state index contributed by atoms with van der Waals surface area (Å²) in [6.45, 7) is 2.37. The summed E-state index contributed by atoms with van der Waals surface area (Å²) in [5, 5.41) is 3.44. The summed E-state index contributed by atoms with van der Waals surface area (Å²) in [4.78, 5) is 0. The molecular weight excluding hydrogens is 222 g/mol. The second-order valence-electron chi connectivity index (χ2n) is 5.75. The van der Waals surface area contributed by atoms with Crippen LogP contribution in [0.15, 0.2) is 24.3 Å². The third-order valence-electron chi connectivity index (χ3n) is 4.57. The molecule has 0 spiro atoms. The molecule has 2 aliphatic rings. The number of hydrogen-bond donors (Lipinski definition) is 1. The lowest BCUT2D eigenvalue weighted by Gasteiger charge is -2.25. The van der Waals surface area contributed by atoms with Crippen LogP contribution in [0.1, 0.15) is 36.8 Å². The molecular formula is C16H23NO. The average Bonchev–Trinajstić information content (AvgIpc) is 3.22. The molecule has 0 aromatic heterocycles. The van der Waals surface area contributed by atoms with Gasteiger partial charge in [-0.15, -0.1) is 0 Å². The van der Waals surface area contributed by atoms with Crippen LogP contribution < -0.4 is 5.32 Å². The Morgan fingerprint density at radius 1 is 1.22 bits per heavy atom. The number of methoxy groups -OCH3 is 1. The Balaban J connectivity index is 1.79. The Bertz CT molecular complexity index is 405. The molecule has 1 heterocycles. The number of piperidine rings is 1. The Hall–Kier alpha value is -0.860. The smallest absolute Gasteiger partial charge is 0.0932 e. The van der Waals surface area contributed by atoms with Crippen molar-refractivity contribution < 1.29 is 4.74 Å². The third-order valence-corrected chi connectivity index (χ3v) is 4.57. The second-order valence-corrected chi connectivity index (χ2v) is 5.75. The SMILES string of the molecule is COC1(c2ccccc2CC2CCNCC2)CC1. The van der Waals surface area contributed by atoms with E-state index in [1.54, 1.807) is 0 Å². The van der Waals surface area contributed by atoms with E-state index in [2.05, 4.69) is 29.6 Å². The van der Waals surface area contributed by atoms with Crippen LogP contribution >= 0.6 is 0 Å². The van der Waals surface area contributed by atoms with Gasteiger partial charge in [-0.3, -0.25) is 0 Å². The van der Waals surface area contributed by atoms with E-state index in [1.807, 2.05) is 7.11 Å². The van der Waals surface area contributed by atoms with Crippen LogP contribution in [0.25, 0.3) is 0 Å². The molecule has 98 valence electrons. The standard InChI is InChI=1S/C16H23NO/c1-18-16(8-9-16)15-5-3-2-4-14(15)12-13-6-10-17-11-7-13/h2-5,13,17H,6-12H2,1H3. The van der Waals surface area contributed by atoms with Gasteiger partial charge in [0.15, 0.2) is 0 Å². The Kier molecular flexibility index (Phi) is 3.40. The van der Waals surface area contributed by atoms with Gasteiger partial charge >= 0.3 is 0 Å². The van der Waals surface area contributed by atoms with Crippen LogP contribution in [-0.4, -0.2) is 20.2 Å². The lowest BCUT2D eigenvalue weighted by atomic mass is 9.87. The fraction of sp³-hybridized carbons (Fsp3) is 0.625. The number of ether oxygens (including phenoxy) is 1. The zero-order chi connectivity index (χ0) is 12.4. The van der Waals surface area contributed by atoms with Gasteiger partial charge in [0.25, 0.3) is 0 Å². The van der Waals surface area contributed by atoms with Gasteiger partial charge in [-0.1, -0.05) is 24.3 Å². The summed E-state index contributed by atoms with van der Waals surface area (Å²) in [7, 11) is 1.86. The second kappa shape index (κ2) is 5.02. The molecule has 1 N–H and O–H groups in total. The van der Waals surface area contributed by atoms with Crippen LogP contribution in [0, 0.1) is 5.92 Å².